The van der Waals surface area contributed by atoms with Gasteiger partial charge < -0.3 is 5.32 Å². The van der Waals surface area contributed by atoms with Gasteiger partial charge in [-0.05, 0) is 36.5 Å². The van der Waals surface area contributed by atoms with E-state index < -0.39 is 0 Å². The van der Waals surface area contributed by atoms with Crippen molar-refractivity contribution in [2.45, 2.75) is 37.3 Å². The first kappa shape index (κ1) is 16.3. The molecule has 0 aliphatic carbocycles. The van der Waals surface area contributed by atoms with Crippen LogP contribution in [-0.4, -0.2) is 17.1 Å². The minimum Gasteiger partial charge on any atom is -0.311 e. The average Bonchev–Trinajstić information content (AvgIpc) is 3.11. The Balaban J connectivity index is 0.000000807. The molecule has 3 atom stereocenters. The first-order valence-corrected chi connectivity index (χ1v) is 7.16. The lowest BCUT2D eigenvalue weighted by Crippen LogP contribution is -2.21. The van der Waals surface area contributed by atoms with Crippen molar-refractivity contribution < 1.29 is 0 Å². The molecule has 2 saturated heterocycles. The molecule has 1 aromatic carbocycles. The Morgan fingerprint density at radius 1 is 0.952 bits per heavy atom. The number of nitrogens with one attached hydrogen (secondary N) is 1. The normalized spacial score (nSPS) is 26.0. The van der Waals surface area contributed by atoms with E-state index in [1.807, 2.05) is 6.20 Å². The van der Waals surface area contributed by atoms with Crippen molar-refractivity contribution >= 4 is 24.8 Å². The molecule has 0 amide bonds. The predicted octanol–water partition coefficient (Wildman–Crippen LogP) is 4.20. The Morgan fingerprint density at radius 2 is 1.76 bits per heavy atom. The summed E-state index contributed by atoms with van der Waals surface area (Å²) in [4.78, 5) is 4.46. The van der Waals surface area contributed by atoms with Gasteiger partial charge in [0.2, 0.25) is 0 Å². The molecule has 1 N–H and O–H groups in total. The van der Waals surface area contributed by atoms with Crippen molar-refractivity contribution in [3.05, 3.63) is 54.4 Å². The molecule has 0 spiro atoms. The van der Waals surface area contributed by atoms with Crippen molar-refractivity contribution in [1.29, 1.82) is 0 Å². The molecule has 112 valence electrons. The van der Waals surface area contributed by atoms with Crippen LogP contribution in [0.25, 0.3) is 11.1 Å². The van der Waals surface area contributed by atoms with Crippen LogP contribution in [0.5, 0.6) is 0 Å². The van der Waals surface area contributed by atoms with Crippen molar-refractivity contribution in [3.8, 4) is 11.1 Å². The van der Waals surface area contributed by atoms with Crippen LogP contribution in [0.2, 0.25) is 0 Å². The van der Waals surface area contributed by atoms with Crippen molar-refractivity contribution in [2.24, 2.45) is 0 Å². The average molecular weight is 323 g/mol. The summed E-state index contributed by atoms with van der Waals surface area (Å²) in [5, 5.41) is 3.71. The zero-order valence-electron chi connectivity index (χ0n) is 11.7. The molecule has 2 aliphatic heterocycles. The third kappa shape index (κ3) is 3.08. The number of nitrogens with zero attached hydrogens (tertiary/aromatic N) is 1. The van der Waals surface area contributed by atoms with Gasteiger partial charge in [-0.25, -0.2) is 0 Å². The molecule has 1 aromatic heterocycles. The van der Waals surface area contributed by atoms with Crippen molar-refractivity contribution in [2.75, 3.05) is 0 Å². The summed E-state index contributed by atoms with van der Waals surface area (Å²) in [5.41, 5.74) is 3.90. The van der Waals surface area contributed by atoms with E-state index in [1.165, 1.54) is 36.0 Å². The van der Waals surface area contributed by atoms with Crippen LogP contribution in [-0.2, 0) is 0 Å². The fourth-order valence-electron chi connectivity index (χ4n) is 3.64. The smallest absolute Gasteiger partial charge is 0.0346 e. The predicted molar refractivity (Wildman–Crippen MR) is 91.5 cm³/mol. The van der Waals surface area contributed by atoms with E-state index in [1.54, 1.807) is 0 Å². The lowest BCUT2D eigenvalue weighted by molar-refractivity contribution is 0.505. The number of fused-ring (bicyclic) bond motifs is 2. The minimum absolute atomic E-state index is 0. The first-order chi connectivity index (χ1) is 9.40. The molecule has 2 aromatic rings. The van der Waals surface area contributed by atoms with Crippen LogP contribution >= 0.6 is 24.8 Å². The number of aromatic nitrogens is 1. The fourth-order valence-corrected chi connectivity index (χ4v) is 3.64. The molecule has 0 radical (unpaired) electrons. The Hall–Kier alpha value is -1.09. The molecule has 2 aliphatic rings. The standard InChI is InChI=1S/C17H18N2.2ClH/c1-2-4-12(5-3-1)13-8-14(11-18-10-13)16-9-15-6-7-17(16)19-15;;/h1-5,8,10-11,15-17,19H,6-7,9H2;2*1H. The number of pyridine rings is 1. The highest BCUT2D eigenvalue weighted by Crippen LogP contribution is 2.40. The largest absolute Gasteiger partial charge is 0.311 e. The maximum atomic E-state index is 4.46. The molecule has 3 heterocycles. The minimum atomic E-state index is 0. The SMILES string of the molecule is Cl.Cl.c1ccc(-c2cncc(C3CC4CCC3N4)c2)cc1. The Kier molecular flexibility index (Phi) is 5.26. The van der Waals surface area contributed by atoms with Gasteiger partial charge in [-0.15, -0.1) is 24.8 Å². The fraction of sp³-hybridized carbons (Fsp3) is 0.353. The molecule has 0 saturated carbocycles. The van der Waals surface area contributed by atoms with Crippen LogP contribution < -0.4 is 5.32 Å². The van der Waals surface area contributed by atoms with E-state index in [2.05, 4.69) is 52.9 Å². The summed E-state index contributed by atoms with van der Waals surface area (Å²) < 4.78 is 0. The molecule has 2 bridgehead atoms. The number of hydrogen-bond donors (Lipinski definition) is 1. The van der Waals surface area contributed by atoms with Gasteiger partial charge >= 0.3 is 0 Å². The van der Waals surface area contributed by atoms with Gasteiger partial charge in [0, 0.05) is 36.0 Å². The third-order valence-electron chi connectivity index (χ3n) is 4.59. The monoisotopic (exact) mass is 322 g/mol. The molecule has 4 rings (SSSR count). The molecular formula is C17H20Cl2N2. The zero-order chi connectivity index (χ0) is 12.7. The third-order valence-corrected chi connectivity index (χ3v) is 4.59. The number of hydrogen-bond acceptors (Lipinski definition) is 2. The Morgan fingerprint density at radius 3 is 2.43 bits per heavy atom. The summed E-state index contributed by atoms with van der Waals surface area (Å²) in [7, 11) is 0. The second kappa shape index (κ2) is 6.78. The van der Waals surface area contributed by atoms with Crippen molar-refractivity contribution in [1.82, 2.24) is 10.3 Å². The highest BCUT2D eigenvalue weighted by Gasteiger charge is 2.39. The highest BCUT2D eigenvalue weighted by atomic mass is 35.5. The topological polar surface area (TPSA) is 24.9 Å². The lowest BCUT2D eigenvalue weighted by Gasteiger charge is -2.20. The van der Waals surface area contributed by atoms with Gasteiger partial charge in [0.25, 0.3) is 0 Å². The molecule has 4 heteroatoms. The van der Waals surface area contributed by atoms with E-state index in [0.717, 1.165) is 6.04 Å². The second-order valence-electron chi connectivity index (χ2n) is 5.76. The van der Waals surface area contributed by atoms with E-state index in [4.69, 9.17) is 0 Å². The van der Waals surface area contributed by atoms with Gasteiger partial charge in [0.15, 0.2) is 0 Å². The summed E-state index contributed by atoms with van der Waals surface area (Å²) >= 11 is 0. The zero-order valence-corrected chi connectivity index (χ0v) is 13.4. The van der Waals surface area contributed by atoms with E-state index >= 15 is 0 Å². The van der Waals surface area contributed by atoms with Gasteiger partial charge in [-0.3, -0.25) is 4.98 Å². The molecule has 3 unspecified atom stereocenters. The highest BCUT2D eigenvalue weighted by molar-refractivity contribution is 5.85. The van der Waals surface area contributed by atoms with Crippen LogP contribution in [0.4, 0.5) is 0 Å². The van der Waals surface area contributed by atoms with Crippen LogP contribution in [0.3, 0.4) is 0 Å². The molecule has 2 fully saturated rings. The maximum Gasteiger partial charge on any atom is 0.0346 e. The summed E-state index contributed by atoms with van der Waals surface area (Å²) in [5.74, 6) is 0.662. The summed E-state index contributed by atoms with van der Waals surface area (Å²) in [6.07, 6.45) is 7.99. The van der Waals surface area contributed by atoms with Gasteiger partial charge in [0.1, 0.15) is 0 Å². The van der Waals surface area contributed by atoms with Crippen LogP contribution in [0.1, 0.15) is 30.7 Å². The number of rotatable bonds is 2. The summed E-state index contributed by atoms with van der Waals surface area (Å²) in [6.45, 7) is 0. The Labute approximate surface area is 138 Å². The maximum absolute atomic E-state index is 4.46. The van der Waals surface area contributed by atoms with Gasteiger partial charge in [0.05, 0.1) is 0 Å². The summed E-state index contributed by atoms with van der Waals surface area (Å²) in [6, 6.07) is 14.3. The lowest BCUT2D eigenvalue weighted by atomic mass is 9.84. The van der Waals surface area contributed by atoms with Crippen LogP contribution in [0.15, 0.2) is 48.8 Å². The van der Waals surface area contributed by atoms with E-state index in [-0.39, 0.29) is 24.8 Å². The molecular weight excluding hydrogens is 303 g/mol. The van der Waals surface area contributed by atoms with E-state index in [9.17, 15) is 0 Å². The Bertz CT molecular complexity index is 588. The van der Waals surface area contributed by atoms with Crippen molar-refractivity contribution in [3.63, 3.8) is 0 Å². The number of halogens is 2. The second-order valence-corrected chi connectivity index (χ2v) is 5.76. The number of benzene rings is 1. The quantitative estimate of drug-likeness (QED) is 0.896. The molecule has 2 nitrogen and oxygen atoms in total. The first-order valence-electron chi connectivity index (χ1n) is 7.16. The van der Waals surface area contributed by atoms with E-state index in [0.29, 0.717) is 12.0 Å². The van der Waals surface area contributed by atoms with Crippen LogP contribution in [0, 0.1) is 0 Å². The van der Waals surface area contributed by atoms with Gasteiger partial charge in [-0.1, -0.05) is 30.3 Å². The van der Waals surface area contributed by atoms with Gasteiger partial charge in [-0.2, -0.15) is 0 Å². The molecule has 21 heavy (non-hydrogen) atoms.